The van der Waals surface area contributed by atoms with E-state index in [1.54, 1.807) is 12.4 Å². The van der Waals surface area contributed by atoms with Crippen LogP contribution in [-0.4, -0.2) is 45.6 Å². The van der Waals surface area contributed by atoms with E-state index in [0.717, 1.165) is 12.1 Å². The summed E-state index contributed by atoms with van der Waals surface area (Å²) in [6, 6.07) is 9.66. The number of amides is 1. The number of para-hydroxylation sites is 1. The van der Waals surface area contributed by atoms with Gasteiger partial charge in [-0.15, -0.1) is 0 Å². The maximum atomic E-state index is 12.8. The molecule has 6 heteroatoms. The molecule has 1 aromatic heterocycles. The Balaban J connectivity index is 1.46. The second kappa shape index (κ2) is 6.06. The minimum Gasteiger partial charge on any atom is -0.396 e. The summed E-state index contributed by atoms with van der Waals surface area (Å²) in [6.45, 7) is 5.87. The van der Waals surface area contributed by atoms with Crippen LogP contribution < -0.4 is 5.32 Å². The predicted molar refractivity (Wildman–Crippen MR) is 99.1 cm³/mol. The molecule has 0 radical (unpaired) electrons. The quantitative estimate of drug-likeness (QED) is 0.884. The Kier molecular flexibility index (Phi) is 3.95. The number of aromatic nitrogens is 2. The predicted octanol–water partition coefficient (Wildman–Crippen LogP) is 2.70. The zero-order chi connectivity index (χ0) is 18.4. The average molecular weight is 352 g/mol. The Labute approximate surface area is 153 Å². The number of nitrogens with one attached hydrogen (secondary N) is 1. The van der Waals surface area contributed by atoms with Crippen molar-refractivity contribution < 1.29 is 9.90 Å². The Morgan fingerprint density at radius 1 is 1.27 bits per heavy atom. The Bertz CT molecular complexity index is 806. The standard InChI is InChI=1S/C20H24N4O2/c1-19(2)11-20(13-25)12-24(10-16(19)20)17(26)14-8-21-18(22-9-14)23-15-6-4-3-5-7-15/h3-9,16,25H,10-13H2,1-2H3,(H,21,22,23)/t16-,20-/m1/s1. The van der Waals surface area contributed by atoms with Crippen molar-refractivity contribution in [2.24, 2.45) is 16.7 Å². The third kappa shape index (κ3) is 2.74. The van der Waals surface area contributed by atoms with Crippen molar-refractivity contribution in [1.82, 2.24) is 14.9 Å². The number of hydrogen-bond donors (Lipinski definition) is 2. The van der Waals surface area contributed by atoms with Gasteiger partial charge in [-0.3, -0.25) is 4.79 Å². The molecule has 1 aliphatic heterocycles. The molecule has 0 bridgehead atoms. The number of anilines is 2. The average Bonchev–Trinajstić information content (AvgIpc) is 2.98. The number of hydrogen-bond acceptors (Lipinski definition) is 5. The van der Waals surface area contributed by atoms with Gasteiger partial charge in [0.1, 0.15) is 0 Å². The molecule has 26 heavy (non-hydrogen) atoms. The summed E-state index contributed by atoms with van der Waals surface area (Å²) in [5, 5.41) is 13.0. The second-order valence-electron chi connectivity index (χ2n) is 8.21. The number of carbonyl (C=O) groups is 1. The fraction of sp³-hybridized carbons (Fsp3) is 0.450. The number of aliphatic hydroxyl groups is 1. The van der Waals surface area contributed by atoms with Gasteiger partial charge in [-0.25, -0.2) is 9.97 Å². The highest BCUT2D eigenvalue weighted by Crippen LogP contribution is 2.62. The summed E-state index contributed by atoms with van der Waals surface area (Å²) in [7, 11) is 0. The van der Waals surface area contributed by atoms with Gasteiger partial charge in [0.05, 0.1) is 12.2 Å². The largest absolute Gasteiger partial charge is 0.396 e. The first-order valence-corrected chi connectivity index (χ1v) is 8.98. The van der Waals surface area contributed by atoms with Crippen molar-refractivity contribution in [2.45, 2.75) is 20.3 Å². The molecule has 6 nitrogen and oxygen atoms in total. The molecule has 2 fully saturated rings. The summed E-state index contributed by atoms with van der Waals surface area (Å²) in [6.07, 6.45) is 4.09. The Hall–Kier alpha value is -2.47. The zero-order valence-corrected chi connectivity index (χ0v) is 15.1. The molecule has 136 valence electrons. The highest BCUT2D eigenvalue weighted by molar-refractivity contribution is 5.94. The monoisotopic (exact) mass is 352 g/mol. The van der Waals surface area contributed by atoms with Crippen molar-refractivity contribution in [1.29, 1.82) is 0 Å². The van der Waals surface area contributed by atoms with Gasteiger partial charge in [0.25, 0.3) is 5.91 Å². The molecule has 4 rings (SSSR count). The normalized spacial score (nSPS) is 26.1. The SMILES string of the molecule is CC1(C)C[C@]2(CO)CN(C(=O)c3cnc(Nc4ccccc4)nc3)C[C@H]12. The van der Waals surface area contributed by atoms with Crippen molar-refractivity contribution in [3.8, 4) is 0 Å². The Morgan fingerprint density at radius 2 is 1.96 bits per heavy atom. The molecule has 1 saturated heterocycles. The number of likely N-dealkylation sites (tertiary alicyclic amines) is 1. The fourth-order valence-electron chi connectivity index (χ4n) is 4.83. The molecule has 2 N–H and O–H groups in total. The van der Waals surface area contributed by atoms with Gasteiger partial charge in [0.2, 0.25) is 5.95 Å². The molecule has 1 saturated carbocycles. The molecule has 2 heterocycles. The first-order valence-electron chi connectivity index (χ1n) is 8.98. The van der Waals surface area contributed by atoms with Crippen LogP contribution in [0.15, 0.2) is 42.7 Å². The van der Waals surface area contributed by atoms with Gasteiger partial charge in [-0.1, -0.05) is 32.0 Å². The van der Waals surface area contributed by atoms with E-state index in [1.807, 2.05) is 35.2 Å². The number of carbonyl (C=O) groups excluding carboxylic acids is 1. The summed E-state index contributed by atoms with van der Waals surface area (Å²) < 4.78 is 0. The van der Waals surface area contributed by atoms with E-state index in [4.69, 9.17) is 0 Å². The maximum absolute atomic E-state index is 12.8. The molecule has 0 unspecified atom stereocenters. The number of fused-ring (bicyclic) bond motifs is 1. The second-order valence-corrected chi connectivity index (χ2v) is 8.21. The van der Waals surface area contributed by atoms with E-state index in [0.29, 0.717) is 30.5 Å². The van der Waals surface area contributed by atoms with Crippen molar-refractivity contribution in [3.63, 3.8) is 0 Å². The first kappa shape index (κ1) is 17.0. The molecular weight excluding hydrogens is 328 g/mol. The van der Waals surface area contributed by atoms with Crippen LogP contribution in [0.2, 0.25) is 0 Å². The van der Waals surface area contributed by atoms with Crippen LogP contribution in [0.1, 0.15) is 30.6 Å². The smallest absolute Gasteiger partial charge is 0.257 e. The van der Waals surface area contributed by atoms with Gasteiger partial charge >= 0.3 is 0 Å². The Morgan fingerprint density at radius 3 is 2.54 bits per heavy atom. The van der Waals surface area contributed by atoms with E-state index in [1.165, 1.54) is 0 Å². The highest BCUT2D eigenvalue weighted by atomic mass is 16.3. The summed E-state index contributed by atoms with van der Waals surface area (Å²) in [4.78, 5) is 23.2. The van der Waals surface area contributed by atoms with Gasteiger partial charge in [0.15, 0.2) is 0 Å². The lowest BCUT2D eigenvalue weighted by atomic mass is 9.48. The molecular formula is C20H24N4O2. The minimum absolute atomic E-state index is 0.0608. The van der Waals surface area contributed by atoms with E-state index in [2.05, 4.69) is 29.1 Å². The lowest BCUT2D eigenvalue weighted by Gasteiger charge is -2.55. The van der Waals surface area contributed by atoms with Gasteiger partial charge in [-0.05, 0) is 29.9 Å². The van der Waals surface area contributed by atoms with Crippen LogP contribution in [0.5, 0.6) is 0 Å². The van der Waals surface area contributed by atoms with Crippen molar-refractivity contribution >= 4 is 17.5 Å². The molecule has 2 aromatic rings. The lowest BCUT2D eigenvalue weighted by molar-refractivity contribution is -0.0977. The maximum Gasteiger partial charge on any atom is 0.257 e. The third-order valence-electron chi connectivity index (χ3n) is 5.93. The minimum atomic E-state index is -0.130. The number of rotatable bonds is 4. The third-order valence-corrected chi connectivity index (χ3v) is 5.93. The van der Waals surface area contributed by atoms with Crippen LogP contribution in [0.25, 0.3) is 0 Å². The van der Waals surface area contributed by atoms with E-state index in [9.17, 15) is 9.90 Å². The summed E-state index contributed by atoms with van der Waals surface area (Å²) in [5.74, 6) is 0.750. The summed E-state index contributed by atoms with van der Waals surface area (Å²) in [5.41, 5.74) is 1.43. The molecule has 0 spiro atoms. The highest BCUT2D eigenvalue weighted by Gasteiger charge is 2.63. The molecule has 2 aliphatic rings. The van der Waals surface area contributed by atoms with Gasteiger partial charge in [0, 0.05) is 36.6 Å². The van der Waals surface area contributed by atoms with Crippen LogP contribution in [0, 0.1) is 16.7 Å². The van der Waals surface area contributed by atoms with E-state index >= 15 is 0 Å². The zero-order valence-electron chi connectivity index (χ0n) is 15.1. The number of benzene rings is 1. The van der Waals surface area contributed by atoms with E-state index in [-0.39, 0.29) is 23.3 Å². The van der Waals surface area contributed by atoms with Crippen LogP contribution in [0.3, 0.4) is 0 Å². The first-order chi connectivity index (χ1) is 12.4. The summed E-state index contributed by atoms with van der Waals surface area (Å²) >= 11 is 0. The number of aliphatic hydroxyl groups excluding tert-OH is 1. The topological polar surface area (TPSA) is 78.3 Å². The number of nitrogens with zero attached hydrogens (tertiary/aromatic N) is 3. The molecule has 1 aromatic carbocycles. The van der Waals surface area contributed by atoms with Gasteiger partial charge < -0.3 is 15.3 Å². The van der Waals surface area contributed by atoms with Crippen molar-refractivity contribution in [3.05, 3.63) is 48.3 Å². The van der Waals surface area contributed by atoms with Crippen LogP contribution >= 0.6 is 0 Å². The van der Waals surface area contributed by atoms with Crippen LogP contribution in [0.4, 0.5) is 11.6 Å². The molecule has 2 atom stereocenters. The fourth-order valence-corrected chi connectivity index (χ4v) is 4.83. The van der Waals surface area contributed by atoms with E-state index < -0.39 is 0 Å². The van der Waals surface area contributed by atoms with Crippen LogP contribution in [-0.2, 0) is 0 Å². The van der Waals surface area contributed by atoms with Gasteiger partial charge in [-0.2, -0.15) is 0 Å². The molecule has 1 amide bonds. The van der Waals surface area contributed by atoms with Crippen molar-refractivity contribution in [2.75, 3.05) is 25.0 Å². The lowest BCUT2D eigenvalue weighted by Crippen LogP contribution is -2.54. The molecule has 1 aliphatic carbocycles.